The van der Waals surface area contributed by atoms with E-state index in [2.05, 4.69) is 0 Å². The van der Waals surface area contributed by atoms with E-state index in [1.54, 1.807) is 13.0 Å². The molecule has 0 spiro atoms. The smallest absolute Gasteiger partial charge is 0.273 e. The first-order chi connectivity index (χ1) is 6.49. The number of hydrogen-bond donors (Lipinski definition) is 2. The first kappa shape index (κ1) is 10.3. The van der Waals surface area contributed by atoms with Crippen LogP contribution in [0, 0.1) is 18.3 Å². The van der Waals surface area contributed by atoms with Gasteiger partial charge in [-0.3, -0.25) is 9.36 Å². The van der Waals surface area contributed by atoms with Gasteiger partial charge in [-0.1, -0.05) is 0 Å². The van der Waals surface area contributed by atoms with Gasteiger partial charge in [-0.25, -0.2) is 0 Å². The van der Waals surface area contributed by atoms with Crippen LogP contribution in [0.4, 0.5) is 0 Å². The summed E-state index contributed by atoms with van der Waals surface area (Å²) >= 11 is 0. The van der Waals surface area contributed by atoms with Crippen molar-refractivity contribution in [3.63, 3.8) is 0 Å². The van der Waals surface area contributed by atoms with Gasteiger partial charge in [0.05, 0.1) is 0 Å². The Kier molecular flexibility index (Phi) is 2.58. The van der Waals surface area contributed by atoms with Crippen molar-refractivity contribution in [3.8, 4) is 11.9 Å². The molecule has 14 heavy (non-hydrogen) atoms. The molecule has 5 heteroatoms. The van der Waals surface area contributed by atoms with Crippen LogP contribution in [0.5, 0.6) is 5.88 Å². The van der Waals surface area contributed by atoms with E-state index in [4.69, 9.17) is 5.26 Å². The first-order valence-electron chi connectivity index (χ1n) is 4.02. The van der Waals surface area contributed by atoms with Gasteiger partial charge >= 0.3 is 0 Å². The van der Waals surface area contributed by atoms with Gasteiger partial charge in [0.25, 0.3) is 5.56 Å². The molecule has 0 fully saturated rings. The van der Waals surface area contributed by atoms with E-state index in [-0.39, 0.29) is 11.4 Å². The van der Waals surface area contributed by atoms with Gasteiger partial charge in [0.1, 0.15) is 17.9 Å². The van der Waals surface area contributed by atoms with Crippen molar-refractivity contribution in [2.75, 3.05) is 0 Å². The van der Waals surface area contributed by atoms with Gasteiger partial charge in [-0.2, -0.15) is 5.26 Å². The quantitative estimate of drug-likeness (QED) is 0.670. The number of aliphatic hydroxyl groups is 1. The lowest BCUT2D eigenvalue weighted by Gasteiger charge is -2.12. The number of rotatable bonds is 1. The summed E-state index contributed by atoms with van der Waals surface area (Å²) in [5.74, 6) is -0.346. The molecule has 0 aliphatic carbocycles. The Bertz CT molecular complexity index is 454. The second-order valence-corrected chi connectivity index (χ2v) is 2.98. The second-order valence-electron chi connectivity index (χ2n) is 2.98. The van der Waals surface area contributed by atoms with Crippen molar-refractivity contribution < 1.29 is 10.2 Å². The zero-order valence-corrected chi connectivity index (χ0v) is 7.85. The summed E-state index contributed by atoms with van der Waals surface area (Å²) < 4.78 is 0.756. The average molecular weight is 194 g/mol. The van der Waals surface area contributed by atoms with Crippen LogP contribution in [0.25, 0.3) is 0 Å². The lowest BCUT2D eigenvalue weighted by molar-refractivity contribution is 0.110. The molecule has 0 bridgehead atoms. The maximum atomic E-state index is 11.5. The zero-order chi connectivity index (χ0) is 10.9. The van der Waals surface area contributed by atoms with Gasteiger partial charge < -0.3 is 10.2 Å². The zero-order valence-electron chi connectivity index (χ0n) is 7.85. The summed E-state index contributed by atoms with van der Waals surface area (Å²) in [7, 11) is 0. The maximum absolute atomic E-state index is 11.5. The molecule has 0 radical (unpaired) electrons. The average Bonchev–Trinajstić information content (AvgIpc) is 2.02. The Labute approximate surface area is 80.5 Å². The van der Waals surface area contributed by atoms with Crippen molar-refractivity contribution >= 4 is 0 Å². The lowest BCUT2D eigenvalue weighted by Crippen LogP contribution is -2.26. The highest BCUT2D eigenvalue weighted by molar-refractivity contribution is 5.37. The van der Waals surface area contributed by atoms with Crippen LogP contribution in [0.2, 0.25) is 0 Å². The molecule has 2 N–H and O–H groups in total. The van der Waals surface area contributed by atoms with Crippen LogP contribution in [0.3, 0.4) is 0 Å². The van der Waals surface area contributed by atoms with E-state index in [1.165, 1.54) is 13.0 Å². The Morgan fingerprint density at radius 2 is 2.21 bits per heavy atom. The van der Waals surface area contributed by atoms with E-state index in [1.807, 2.05) is 0 Å². The molecule has 0 aliphatic heterocycles. The molecule has 1 heterocycles. The van der Waals surface area contributed by atoms with Gasteiger partial charge in [0, 0.05) is 6.07 Å². The Hall–Kier alpha value is -1.80. The maximum Gasteiger partial charge on any atom is 0.273 e. The van der Waals surface area contributed by atoms with Crippen LogP contribution >= 0.6 is 0 Å². The third kappa shape index (κ3) is 1.47. The first-order valence-corrected chi connectivity index (χ1v) is 4.02. The predicted molar refractivity (Wildman–Crippen MR) is 48.7 cm³/mol. The highest BCUT2D eigenvalue weighted by Gasteiger charge is 2.14. The van der Waals surface area contributed by atoms with Gasteiger partial charge in [0.2, 0.25) is 0 Å². The third-order valence-electron chi connectivity index (χ3n) is 1.90. The second kappa shape index (κ2) is 3.52. The fraction of sp³-hybridized carbons (Fsp3) is 0.333. The van der Waals surface area contributed by atoms with E-state index in [0.29, 0.717) is 5.56 Å². The minimum Gasteiger partial charge on any atom is -0.494 e. The van der Waals surface area contributed by atoms with Crippen molar-refractivity contribution in [2.45, 2.75) is 20.1 Å². The number of aliphatic hydroxyl groups excluding tert-OH is 1. The molecule has 1 aromatic rings. The molecular weight excluding hydrogens is 184 g/mol. The predicted octanol–water partition coefficient (Wildman–Crippen LogP) is 0.245. The SMILES string of the molecule is Cc1cc(O)n(C(C)O)c(=O)c1C#N. The summed E-state index contributed by atoms with van der Waals surface area (Å²) in [6.45, 7) is 2.88. The van der Waals surface area contributed by atoms with Gasteiger partial charge in [0.15, 0.2) is 5.88 Å². The molecule has 1 unspecified atom stereocenters. The summed E-state index contributed by atoms with van der Waals surface area (Å²) in [5.41, 5.74) is -0.351. The molecule has 0 aromatic carbocycles. The molecular formula is C9H10N2O3. The van der Waals surface area contributed by atoms with E-state index in [0.717, 1.165) is 4.57 Å². The number of hydrogen-bond acceptors (Lipinski definition) is 4. The minimum atomic E-state index is -1.16. The van der Waals surface area contributed by atoms with Crippen molar-refractivity contribution in [3.05, 3.63) is 27.5 Å². The molecule has 0 aliphatic rings. The molecule has 0 saturated carbocycles. The molecule has 1 rings (SSSR count). The molecule has 74 valence electrons. The molecule has 1 atom stereocenters. The van der Waals surface area contributed by atoms with Crippen molar-refractivity contribution in [1.29, 1.82) is 5.26 Å². The third-order valence-corrected chi connectivity index (χ3v) is 1.90. The van der Waals surface area contributed by atoms with Crippen LogP contribution in [-0.4, -0.2) is 14.8 Å². The van der Waals surface area contributed by atoms with Gasteiger partial charge in [-0.05, 0) is 19.4 Å². The number of aromatic nitrogens is 1. The number of nitriles is 1. The fourth-order valence-electron chi connectivity index (χ4n) is 1.23. The lowest BCUT2D eigenvalue weighted by atomic mass is 10.1. The highest BCUT2D eigenvalue weighted by Crippen LogP contribution is 2.14. The Balaban J connectivity index is 3.63. The minimum absolute atomic E-state index is 0.0660. The largest absolute Gasteiger partial charge is 0.494 e. The monoisotopic (exact) mass is 194 g/mol. The summed E-state index contributed by atoms with van der Waals surface area (Å²) in [6.07, 6.45) is -1.16. The topological polar surface area (TPSA) is 86.2 Å². The number of aromatic hydroxyl groups is 1. The summed E-state index contributed by atoms with van der Waals surface area (Å²) in [6, 6.07) is 3.00. The van der Waals surface area contributed by atoms with Crippen LogP contribution in [-0.2, 0) is 0 Å². The molecule has 1 aromatic heterocycles. The van der Waals surface area contributed by atoms with E-state index < -0.39 is 11.8 Å². The molecule has 0 amide bonds. The summed E-state index contributed by atoms with van der Waals surface area (Å²) in [5, 5.41) is 27.2. The number of nitrogens with zero attached hydrogens (tertiary/aromatic N) is 2. The Morgan fingerprint density at radius 1 is 1.64 bits per heavy atom. The van der Waals surface area contributed by atoms with E-state index in [9.17, 15) is 15.0 Å². The van der Waals surface area contributed by atoms with E-state index >= 15 is 0 Å². The number of aryl methyl sites for hydroxylation is 1. The van der Waals surface area contributed by atoms with Crippen LogP contribution < -0.4 is 5.56 Å². The van der Waals surface area contributed by atoms with Crippen molar-refractivity contribution in [1.82, 2.24) is 4.57 Å². The normalized spacial score (nSPS) is 12.1. The van der Waals surface area contributed by atoms with Crippen LogP contribution in [0.1, 0.15) is 24.3 Å². The number of pyridine rings is 1. The van der Waals surface area contributed by atoms with Crippen LogP contribution in [0.15, 0.2) is 10.9 Å². The highest BCUT2D eigenvalue weighted by atomic mass is 16.3. The standard InChI is InChI=1S/C9H10N2O3/c1-5-3-8(13)11(6(2)12)9(14)7(5)4-10/h3,6,12-13H,1-2H3. The summed E-state index contributed by atoms with van der Waals surface area (Å²) in [4.78, 5) is 11.5. The molecule has 5 nitrogen and oxygen atoms in total. The molecule has 0 saturated heterocycles. The fourth-order valence-corrected chi connectivity index (χ4v) is 1.23. The van der Waals surface area contributed by atoms with Gasteiger partial charge in [-0.15, -0.1) is 0 Å². The van der Waals surface area contributed by atoms with Crippen molar-refractivity contribution in [2.24, 2.45) is 0 Å². The Morgan fingerprint density at radius 3 is 2.64 bits per heavy atom.